The van der Waals surface area contributed by atoms with E-state index in [0.717, 1.165) is 24.1 Å². The van der Waals surface area contributed by atoms with Crippen molar-refractivity contribution in [3.8, 4) is 22.8 Å². The van der Waals surface area contributed by atoms with Gasteiger partial charge in [-0.25, -0.2) is 0 Å². The SMILES string of the molecule is COc1ccc(Cl)cc1-n1c(SCc2nnc(C3CC3)o2)nnc1-c1cccc(Cl)c1. The molecule has 10 heteroatoms. The molecule has 0 N–H and O–H groups in total. The Bertz CT molecular complexity index is 1240. The maximum Gasteiger partial charge on any atom is 0.226 e. The fourth-order valence-corrected chi connectivity index (χ4v) is 4.32. The molecule has 5 rings (SSSR count). The third kappa shape index (κ3) is 4.28. The van der Waals surface area contributed by atoms with Gasteiger partial charge in [-0.15, -0.1) is 20.4 Å². The van der Waals surface area contributed by atoms with Crippen molar-refractivity contribution in [2.45, 2.75) is 29.7 Å². The van der Waals surface area contributed by atoms with Crippen LogP contribution < -0.4 is 4.74 Å². The largest absolute Gasteiger partial charge is 0.495 e. The van der Waals surface area contributed by atoms with E-state index < -0.39 is 0 Å². The first-order chi connectivity index (χ1) is 15.1. The molecule has 0 atom stereocenters. The van der Waals surface area contributed by atoms with Crippen molar-refractivity contribution in [2.24, 2.45) is 0 Å². The highest BCUT2D eigenvalue weighted by molar-refractivity contribution is 7.98. The fourth-order valence-electron chi connectivity index (χ4n) is 3.18. The smallest absolute Gasteiger partial charge is 0.226 e. The minimum Gasteiger partial charge on any atom is -0.495 e. The first kappa shape index (κ1) is 20.4. The number of thioether (sulfide) groups is 1. The third-order valence-corrected chi connectivity index (χ3v) is 6.22. The number of rotatable bonds is 7. The number of hydrogen-bond acceptors (Lipinski definition) is 7. The van der Waals surface area contributed by atoms with Crippen molar-refractivity contribution in [1.82, 2.24) is 25.0 Å². The molecule has 1 fully saturated rings. The molecular formula is C21H17Cl2N5O2S. The zero-order valence-corrected chi connectivity index (χ0v) is 18.8. The lowest BCUT2D eigenvalue weighted by Crippen LogP contribution is -2.02. The number of methoxy groups -OCH3 is 1. The van der Waals surface area contributed by atoms with E-state index in [-0.39, 0.29) is 0 Å². The van der Waals surface area contributed by atoms with E-state index >= 15 is 0 Å². The van der Waals surface area contributed by atoms with Crippen LogP contribution in [-0.4, -0.2) is 32.1 Å². The monoisotopic (exact) mass is 473 g/mol. The standard InChI is InChI=1S/C21H17Cl2N5O2S/c1-29-17-8-7-15(23)10-16(17)28-19(13-3-2-4-14(22)9-13)25-27-21(28)31-11-18-24-26-20(30-18)12-5-6-12/h2-4,7-10,12H,5-6,11H2,1H3. The minimum absolute atomic E-state index is 0.417. The molecule has 0 unspecified atom stereocenters. The molecule has 2 heterocycles. The van der Waals surface area contributed by atoms with Crippen LogP contribution in [0, 0.1) is 0 Å². The van der Waals surface area contributed by atoms with Crippen LogP contribution >= 0.6 is 35.0 Å². The van der Waals surface area contributed by atoms with Crippen LogP contribution in [0.3, 0.4) is 0 Å². The average molecular weight is 474 g/mol. The number of hydrogen-bond donors (Lipinski definition) is 0. The Kier molecular flexibility index (Phi) is 5.60. The highest BCUT2D eigenvalue weighted by atomic mass is 35.5. The molecule has 1 aliphatic carbocycles. The highest BCUT2D eigenvalue weighted by Gasteiger charge is 2.29. The van der Waals surface area contributed by atoms with E-state index in [1.807, 2.05) is 41.0 Å². The van der Waals surface area contributed by atoms with Crippen LogP contribution in [-0.2, 0) is 5.75 Å². The topological polar surface area (TPSA) is 78.9 Å². The van der Waals surface area contributed by atoms with Crippen LogP contribution in [0.1, 0.15) is 30.5 Å². The molecule has 0 amide bonds. The molecule has 31 heavy (non-hydrogen) atoms. The third-order valence-electron chi connectivity index (χ3n) is 4.83. The highest BCUT2D eigenvalue weighted by Crippen LogP contribution is 2.40. The predicted octanol–water partition coefficient (Wildman–Crippen LogP) is 5.80. The Morgan fingerprint density at radius 3 is 2.68 bits per heavy atom. The van der Waals surface area contributed by atoms with Gasteiger partial charge in [0.2, 0.25) is 11.8 Å². The molecule has 0 aliphatic heterocycles. The van der Waals surface area contributed by atoms with Gasteiger partial charge in [0.05, 0.1) is 18.6 Å². The molecule has 2 aromatic heterocycles. The maximum absolute atomic E-state index is 6.31. The summed E-state index contributed by atoms with van der Waals surface area (Å²) in [7, 11) is 1.61. The number of benzene rings is 2. The van der Waals surface area contributed by atoms with Gasteiger partial charge in [-0.2, -0.15) is 0 Å². The van der Waals surface area contributed by atoms with Crippen molar-refractivity contribution in [1.29, 1.82) is 0 Å². The van der Waals surface area contributed by atoms with Crippen molar-refractivity contribution < 1.29 is 9.15 Å². The normalized spacial score (nSPS) is 13.5. The number of nitrogens with zero attached hydrogens (tertiary/aromatic N) is 5. The Hall–Kier alpha value is -2.55. The second kappa shape index (κ2) is 8.53. The molecule has 158 valence electrons. The maximum atomic E-state index is 6.31. The molecular weight excluding hydrogens is 457 g/mol. The number of ether oxygens (including phenoxy) is 1. The van der Waals surface area contributed by atoms with Crippen LogP contribution in [0.4, 0.5) is 0 Å². The van der Waals surface area contributed by atoms with Gasteiger partial charge in [0.25, 0.3) is 0 Å². The summed E-state index contributed by atoms with van der Waals surface area (Å²) < 4.78 is 13.3. The number of aromatic nitrogens is 5. The second-order valence-corrected chi connectivity index (χ2v) is 8.88. The number of halogens is 2. The molecule has 7 nitrogen and oxygen atoms in total. The summed E-state index contributed by atoms with van der Waals surface area (Å²) in [6.07, 6.45) is 2.22. The zero-order chi connectivity index (χ0) is 21.4. The zero-order valence-electron chi connectivity index (χ0n) is 16.5. The lowest BCUT2D eigenvalue weighted by Gasteiger charge is -2.14. The van der Waals surface area contributed by atoms with Crippen molar-refractivity contribution in [2.75, 3.05) is 7.11 Å². The lowest BCUT2D eigenvalue weighted by atomic mass is 10.2. The molecule has 2 aromatic carbocycles. The van der Waals surface area contributed by atoms with E-state index in [0.29, 0.717) is 50.2 Å². The second-order valence-electron chi connectivity index (χ2n) is 7.07. The van der Waals surface area contributed by atoms with Gasteiger partial charge < -0.3 is 9.15 Å². The molecule has 1 saturated carbocycles. The quantitative estimate of drug-likeness (QED) is 0.313. The van der Waals surface area contributed by atoms with Gasteiger partial charge in [0.15, 0.2) is 11.0 Å². The Morgan fingerprint density at radius 2 is 1.90 bits per heavy atom. The summed E-state index contributed by atoms with van der Waals surface area (Å²) in [6, 6.07) is 12.9. The molecule has 0 bridgehead atoms. The summed E-state index contributed by atoms with van der Waals surface area (Å²) in [5, 5.41) is 19.0. The summed E-state index contributed by atoms with van der Waals surface area (Å²) in [4.78, 5) is 0. The first-order valence-electron chi connectivity index (χ1n) is 9.62. The van der Waals surface area contributed by atoms with Gasteiger partial charge in [-0.1, -0.05) is 47.1 Å². The van der Waals surface area contributed by atoms with Crippen molar-refractivity contribution in [3.63, 3.8) is 0 Å². The average Bonchev–Trinajstić information content (AvgIpc) is 3.36. The predicted molar refractivity (Wildman–Crippen MR) is 119 cm³/mol. The molecule has 1 aliphatic rings. The molecule has 4 aromatic rings. The summed E-state index contributed by atoms with van der Waals surface area (Å²) >= 11 is 14.0. The van der Waals surface area contributed by atoms with Gasteiger partial charge in [-0.05, 0) is 43.2 Å². The fraction of sp³-hybridized carbons (Fsp3) is 0.238. The van der Waals surface area contributed by atoms with Crippen LogP contribution in [0.15, 0.2) is 52.0 Å². The van der Waals surface area contributed by atoms with Crippen LogP contribution in [0.5, 0.6) is 5.75 Å². The summed E-state index contributed by atoms with van der Waals surface area (Å²) in [6.45, 7) is 0. The summed E-state index contributed by atoms with van der Waals surface area (Å²) in [5.41, 5.74) is 1.55. The van der Waals surface area contributed by atoms with E-state index in [2.05, 4.69) is 20.4 Å². The first-order valence-corrected chi connectivity index (χ1v) is 11.4. The van der Waals surface area contributed by atoms with E-state index in [1.165, 1.54) is 11.8 Å². The lowest BCUT2D eigenvalue weighted by molar-refractivity contribution is 0.412. The van der Waals surface area contributed by atoms with Gasteiger partial charge in [-0.3, -0.25) is 4.57 Å². The molecule has 0 saturated heterocycles. The van der Waals surface area contributed by atoms with E-state index in [9.17, 15) is 0 Å². The van der Waals surface area contributed by atoms with Gasteiger partial charge >= 0.3 is 0 Å². The Balaban J connectivity index is 1.55. The minimum atomic E-state index is 0.417. The Labute approximate surface area is 192 Å². The molecule has 0 spiro atoms. The van der Waals surface area contributed by atoms with Crippen LogP contribution in [0.25, 0.3) is 17.1 Å². The van der Waals surface area contributed by atoms with Crippen molar-refractivity contribution in [3.05, 3.63) is 64.3 Å². The van der Waals surface area contributed by atoms with Gasteiger partial charge in [0, 0.05) is 21.5 Å². The Morgan fingerprint density at radius 1 is 1.06 bits per heavy atom. The summed E-state index contributed by atoms with van der Waals surface area (Å²) in [5.74, 6) is 3.42. The van der Waals surface area contributed by atoms with E-state index in [1.54, 1.807) is 13.2 Å². The van der Waals surface area contributed by atoms with E-state index in [4.69, 9.17) is 32.4 Å². The van der Waals surface area contributed by atoms with Gasteiger partial charge in [0.1, 0.15) is 5.75 Å². The van der Waals surface area contributed by atoms with Crippen LogP contribution in [0.2, 0.25) is 10.0 Å². The van der Waals surface area contributed by atoms with Crippen molar-refractivity contribution >= 4 is 35.0 Å². The molecule has 0 radical (unpaired) electrons.